The van der Waals surface area contributed by atoms with E-state index in [2.05, 4.69) is 4.85 Å². The quantitative estimate of drug-likeness (QED) is 0.299. The van der Waals surface area contributed by atoms with Gasteiger partial charge in [0.05, 0.1) is 28.7 Å². The molecule has 0 saturated heterocycles. The molecule has 0 saturated carbocycles. The Balaban J connectivity index is 0.00000506. The van der Waals surface area contributed by atoms with E-state index in [1.54, 1.807) is 6.07 Å². The number of nitriles is 1. The van der Waals surface area contributed by atoms with Gasteiger partial charge in [-0.25, -0.2) is 30.8 Å². The first-order chi connectivity index (χ1) is 19.4. The Labute approximate surface area is 247 Å². The van der Waals surface area contributed by atoms with E-state index in [0.717, 1.165) is 42.7 Å². The lowest BCUT2D eigenvalue weighted by atomic mass is 9.98. The largest absolute Gasteiger partial charge is 0.465 e. The molecule has 3 aromatic rings. The summed E-state index contributed by atoms with van der Waals surface area (Å²) in [5.41, 5.74) is -2.59. The number of nitrogens with zero attached hydrogens (tertiary/aromatic N) is 4. The van der Waals surface area contributed by atoms with Crippen LogP contribution in [-0.2, 0) is 26.0 Å². The number of amides is 2. The number of hydrogen-bond donors (Lipinski definition) is 0. The fourth-order valence-electron chi connectivity index (χ4n) is 4.68. The molecule has 0 radical (unpaired) electrons. The van der Waals surface area contributed by atoms with Crippen LogP contribution in [0.1, 0.15) is 48.6 Å². The molecular weight excluding hydrogens is 609 g/mol. The smallest absolute Gasteiger partial charge is 0.416 e. The highest BCUT2D eigenvalue weighted by Crippen LogP contribution is 2.45. The number of furan rings is 1. The van der Waals surface area contributed by atoms with Gasteiger partial charge in [-0.15, -0.1) is 0 Å². The highest BCUT2D eigenvalue weighted by molar-refractivity contribution is 7.91. The van der Waals surface area contributed by atoms with Gasteiger partial charge < -0.3 is 4.42 Å². The molecule has 2 amide bonds. The Morgan fingerprint density at radius 2 is 1.67 bits per heavy atom. The van der Waals surface area contributed by atoms with Gasteiger partial charge in [0.25, 0.3) is 10.0 Å². The Kier molecular flexibility index (Phi) is 8.60. The average molecular weight is 635 g/mol. The molecule has 43 heavy (non-hydrogen) atoms. The molecule has 1 aromatic heterocycles. The van der Waals surface area contributed by atoms with Gasteiger partial charge in [-0.1, -0.05) is 19.6 Å². The maximum Gasteiger partial charge on any atom is 0.416 e. The fraction of sp³-hybridized carbons (Fsp3) is 0.250. The van der Waals surface area contributed by atoms with Crippen molar-refractivity contribution in [2.45, 2.75) is 50.2 Å². The summed E-state index contributed by atoms with van der Waals surface area (Å²) >= 11 is 0. The van der Waals surface area contributed by atoms with E-state index in [0.29, 0.717) is 11.0 Å². The van der Waals surface area contributed by atoms with Crippen LogP contribution in [0.3, 0.4) is 0 Å². The number of sulfonamides is 1. The number of rotatable bonds is 5. The van der Waals surface area contributed by atoms with Gasteiger partial charge in [0.15, 0.2) is 9.84 Å². The Morgan fingerprint density at radius 3 is 2.19 bits per heavy atom. The minimum absolute atomic E-state index is 0. The lowest BCUT2D eigenvalue weighted by molar-refractivity contribution is -0.137. The van der Waals surface area contributed by atoms with Crippen molar-refractivity contribution in [1.29, 1.82) is 5.26 Å². The normalized spacial score (nSPS) is 16.0. The lowest BCUT2D eigenvalue weighted by Crippen LogP contribution is -2.52. The van der Waals surface area contributed by atoms with Crippen molar-refractivity contribution >= 4 is 31.6 Å². The van der Waals surface area contributed by atoms with Gasteiger partial charge in [-0.3, -0.25) is 4.90 Å². The number of anilines is 1. The topological polar surface area (TPSA) is 133 Å². The highest BCUT2D eigenvalue weighted by atomic mass is 32.2. The number of sulfone groups is 1. The van der Waals surface area contributed by atoms with Crippen molar-refractivity contribution in [3.8, 4) is 6.07 Å². The number of halogens is 3. The van der Waals surface area contributed by atoms with Crippen LogP contribution >= 0.6 is 0 Å². The van der Waals surface area contributed by atoms with Crippen LogP contribution in [-0.4, -0.2) is 33.4 Å². The lowest BCUT2D eigenvalue weighted by Gasteiger charge is -2.41. The summed E-state index contributed by atoms with van der Waals surface area (Å²) in [5.74, 6) is 0.0395. The standard InChI is InChI=1S/C27H21F3N4O6S2.CH4/c1-15-11-22(17(3)40-15)42(38,39)34-25(21-10-9-18(14-31)12-23(21)41(5,36)37)24(32-4)16(2)33(26(34)35)20-8-6-7-19(13-20)27(28,29)30;/h6-13,25H,1-3,5H3;1H4/t25-;/m1./s1. The summed E-state index contributed by atoms with van der Waals surface area (Å²) in [4.78, 5) is 17.3. The predicted molar refractivity (Wildman–Crippen MR) is 150 cm³/mol. The number of carbonyl (C=O) groups is 1. The Bertz CT molecular complexity index is 1970. The first-order valence-electron chi connectivity index (χ1n) is 11.9. The van der Waals surface area contributed by atoms with Gasteiger partial charge in [0, 0.05) is 23.7 Å². The van der Waals surface area contributed by atoms with Crippen molar-refractivity contribution < 1.29 is 39.2 Å². The zero-order valence-electron chi connectivity index (χ0n) is 22.4. The van der Waals surface area contributed by atoms with Crippen LogP contribution in [0.15, 0.2) is 74.1 Å². The zero-order chi connectivity index (χ0) is 31.4. The molecule has 0 unspecified atom stereocenters. The molecule has 2 heterocycles. The van der Waals surface area contributed by atoms with E-state index in [4.69, 9.17) is 11.0 Å². The van der Waals surface area contributed by atoms with E-state index >= 15 is 0 Å². The molecule has 4 rings (SSSR count). The summed E-state index contributed by atoms with van der Waals surface area (Å²) in [7, 11) is -9.13. The maximum absolute atomic E-state index is 14.2. The van der Waals surface area contributed by atoms with Gasteiger partial charge in [0.2, 0.25) is 5.70 Å². The molecule has 2 aromatic carbocycles. The van der Waals surface area contributed by atoms with Crippen molar-refractivity contribution in [2.24, 2.45) is 0 Å². The second-order valence-corrected chi connectivity index (χ2v) is 13.1. The third-order valence-corrected chi connectivity index (χ3v) is 9.50. The molecule has 0 spiro atoms. The van der Waals surface area contributed by atoms with Crippen LogP contribution in [0.25, 0.3) is 4.85 Å². The molecule has 0 N–H and O–H groups in total. The average Bonchev–Trinajstić information content (AvgIpc) is 3.25. The number of allylic oxidation sites excluding steroid dienone is 1. The fourth-order valence-corrected chi connectivity index (χ4v) is 7.34. The van der Waals surface area contributed by atoms with Crippen LogP contribution in [0.4, 0.5) is 23.7 Å². The monoisotopic (exact) mass is 634 g/mol. The second-order valence-electron chi connectivity index (χ2n) is 9.37. The number of hydrogen-bond acceptors (Lipinski definition) is 7. The number of urea groups is 1. The summed E-state index contributed by atoms with van der Waals surface area (Å²) in [5, 5.41) is 9.35. The minimum atomic E-state index is -4.95. The molecule has 1 atom stereocenters. The molecule has 15 heteroatoms. The minimum Gasteiger partial charge on any atom is -0.465 e. The summed E-state index contributed by atoms with van der Waals surface area (Å²) < 4.78 is 100. The van der Waals surface area contributed by atoms with E-state index in [1.165, 1.54) is 26.8 Å². The zero-order valence-corrected chi connectivity index (χ0v) is 24.0. The van der Waals surface area contributed by atoms with Crippen molar-refractivity contribution in [2.75, 3.05) is 11.2 Å². The third-order valence-electron chi connectivity index (χ3n) is 6.50. The van der Waals surface area contributed by atoms with E-state index in [9.17, 15) is 40.1 Å². The first kappa shape index (κ1) is 32.9. The maximum atomic E-state index is 14.2. The molecule has 0 aliphatic carbocycles. The molecule has 1 aliphatic rings. The number of aryl methyl sites for hydroxylation is 2. The predicted octanol–water partition coefficient (Wildman–Crippen LogP) is 6.35. The molecule has 0 fully saturated rings. The van der Waals surface area contributed by atoms with Crippen molar-refractivity contribution in [3.05, 3.63) is 99.6 Å². The number of alkyl halides is 3. The van der Waals surface area contributed by atoms with Crippen molar-refractivity contribution in [3.63, 3.8) is 0 Å². The third kappa shape index (κ3) is 5.74. The van der Waals surface area contributed by atoms with E-state index < -0.39 is 59.2 Å². The SMILES string of the molecule is C.[C-]#[N+]C1=C(C)N(c2cccc(C(F)(F)F)c2)C(=O)N(S(=O)(=O)c2cc(C)oc2C)[C@@H]1c1ccc(C#N)cc1S(C)(=O)=O. The van der Waals surface area contributed by atoms with Gasteiger partial charge in [0.1, 0.15) is 22.5 Å². The molecule has 10 nitrogen and oxygen atoms in total. The number of benzene rings is 2. The Morgan fingerprint density at radius 1 is 1.02 bits per heavy atom. The van der Waals surface area contributed by atoms with E-state index in [-0.39, 0.29) is 45.8 Å². The van der Waals surface area contributed by atoms with Crippen LogP contribution < -0.4 is 4.90 Å². The highest BCUT2D eigenvalue weighted by Gasteiger charge is 2.49. The summed E-state index contributed by atoms with van der Waals surface area (Å²) in [6, 6.07) is 6.54. The van der Waals surface area contributed by atoms with Gasteiger partial charge in [-0.2, -0.15) is 18.4 Å². The number of carbonyl (C=O) groups excluding carboxylic acids is 1. The van der Waals surface area contributed by atoms with Crippen LogP contribution in [0, 0.1) is 31.8 Å². The van der Waals surface area contributed by atoms with Crippen LogP contribution in [0.2, 0.25) is 0 Å². The van der Waals surface area contributed by atoms with Crippen LogP contribution in [0.5, 0.6) is 0 Å². The molecule has 226 valence electrons. The Hall–Kier alpha value is -4.60. The molecule has 1 aliphatic heterocycles. The second kappa shape index (κ2) is 11.2. The molecular formula is C28H25F3N4O6S2. The molecule has 0 bridgehead atoms. The van der Waals surface area contributed by atoms with Crippen molar-refractivity contribution in [1.82, 2.24) is 4.31 Å². The van der Waals surface area contributed by atoms with Gasteiger partial charge >= 0.3 is 12.2 Å². The van der Waals surface area contributed by atoms with E-state index in [1.807, 2.05) is 0 Å². The first-order valence-corrected chi connectivity index (χ1v) is 15.2. The van der Waals surface area contributed by atoms with Gasteiger partial charge in [-0.05, 0) is 56.7 Å². The summed E-state index contributed by atoms with van der Waals surface area (Å²) in [6.45, 7) is 11.9. The summed E-state index contributed by atoms with van der Waals surface area (Å²) in [6.07, 6.45) is -4.00.